The molecule has 1 aliphatic heterocycles. The maximum atomic E-state index is 11.8. The lowest BCUT2D eigenvalue weighted by molar-refractivity contribution is -0.139. The molecule has 0 radical (unpaired) electrons. The van der Waals surface area contributed by atoms with Crippen molar-refractivity contribution in [2.45, 2.75) is 58.3 Å². The number of nitrogens with zero attached hydrogens (tertiary/aromatic N) is 1. The van der Waals surface area contributed by atoms with E-state index < -0.39 is 8.60 Å². The molecule has 0 saturated carbocycles. The maximum absolute atomic E-state index is 11.8. The van der Waals surface area contributed by atoms with E-state index in [9.17, 15) is 19.5 Å². The van der Waals surface area contributed by atoms with Crippen LogP contribution in [0.3, 0.4) is 0 Å². The van der Waals surface area contributed by atoms with Gasteiger partial charge in [0.2, 0.25) is 17.7 Å². The Morgan fingerprint density at radius 2 is 2.00 bits per heavy atom. The molecule has 0 bridgehead atoms. The Kier molecular flexibility index (Phi) is 12.4. The number of imide groups is 1. The molecule has 0 aromatic carbocycles. The average molecular weight is 420 g/mol. The van der Waals surface area contributed by atoms with Crippen LogP contribution >= 0.6 is 8.60 Å². The SMILES string of the molecule is CC1CC(=O)N(CCCCCC(=O)NCCCCC(CO)COP(O)O)C1=O. The van der Waals surface area contributed by atoms with Gasteiger partial charge >= 0.3 is 8.60 Å². The Hall–Kier alpha value is -1.12. The number of carbonyl (C=O) groups is 3. The first-order valence-electron chi connectivity index (χ1n) is 9.87. The Bertz CT molecular complexity index is 504. The lowest BCUT2D eigenvalue weighted by Gasteiger charge is -2.14. The molecule has 2 atom stereocenters. The topological polar surface area (TPSA) is 136 Å². The van der Waals surface area contributed by atoms with Crippen molar-refractivity contribution >= 4 is 26.3 Å². The Morgan fingerprint density at radius 3 is 2.61 bits per heavy atom. The van der Waals surface area contributed by atoms with Crippen LogP contribution in [0.1, 0.15) is 58.3 Å². The molecule has 3 amide bonds. The molecule has 1 rings (SSSR count). The zero-order chi connectivity index (χ0) is 20.9. The van der Waals surface area contributed by atoms with Gasteiger partial charge in [0.05, 0.1) is 6.61 Å². The third-order valence-electron chi connectivity index (χ3n) is 4.80. The molecule has 10 heteroatoms. The van der Waals surface area contributed by atoms with Gasteiger partial charge in [0.25, 0.3) is 0 Å². The Labute approximate surface area is 167 Å². The first kappa shape index (κ1) is 24.9. The summed E-state index contributed by atoms with van der Waals surface area (Å²) in [6.45, 7) is 2.79. The van der Waals surface area contributed by atoms with Gasteiger partial charge in [-0.3, -0.25) is 19.3 Å². The Morgan fingerprint density at radius 1 is 1.25 bits per heavy atom. The van der Waals surface area contributed by atoms with E-state index in [0.717, 1.165) is 19.3 Å². The van der Waals surface area contributed by atoms with E-state index in [1.165, 1.54) is 4.90 Å². The van der Waals surface area contributed by atoms with Gasteiger partial charge in [0.1, 0.15) is 0 Å². The number of unbranched alkanes of at least 4 members (excludes halogenated alkanes) is 3. The number of nitrogens with one attached hydrogen (secondary N) is 1. The quantitative estimate of drug-likeness (QED) is 0.177. The minimum Gasteiger partial charge on any atom is -0.396 e. The van der Waals surface area contributed by atoms with E-state index in [-0.39, 0.29) is 42.8 Å². The highest BCUT2D eigenvalue weighted by atomic mass is 31.2. The lowest BCUT2D eigenvalue weighted by atomic mass is 10.0. The largest absolute Gasteiger partial charge is 0.396 e. The normalized spacial score (nSPS) is 18.2. The van der Waals surface area contributed by atoms with Gasteiger partial charge in [-0.15, -0.1) is 0 Å². The number of hydrogen-bond donors (Lipinski definition) is 4. The highest BCUT2D eigenvalue weighted by Crippen LogP contribution is 2.26. The fourth-order valence-corrected chi connectivity index (χ4v) is 3.43. The standard InChI is InChI=1S/C18H33N2O7P/c1-14-11-17(23)20(18(14)24)10-6-2-3-8-16(22)19-9-5-4-7-15(12-21)13-27-28(25)26/h14-15,21,25-26H,2-13H2,1H3,(H,19,22). The van der Waals surface area contributed by atoms with Crippen molar-refractivity contribution in [3.05, 3.63) is 0 Å². The van der Waals surface area contributed by atoms with Crippen LogP contribution < -0.4 is 5.32 Å². The van der Waals surface area contributed by atoms with Crippen molar-refractivity contribution in [2.75, 3.05) is 26.3 Å². The van der Waals surface area contributed by atoms with Crippen LogP contribution in [-0.4, -0.2) is 63.8 Å². The maximum Gasteiger partial charge on any atom is 0.327 e. The summed E-state index contributed by atoms with van der Waals surface area (Å²) < 4.78 is 4.71. The monoisotopic (exact) mass is 420 g/mol. The van der Waals surface area contributed by atoms with Gasteiger partial charge in [0.15, 0.2) is 0 Å². The molecule has 2 unspecified atom stereocenters. The van der Waals surface area contributed by atoms with Crippen LogP contribution in [-0.2, 0) is 18.9 Å². The van der Waals surface area contributed by atoms with Crippen molar-refractivity contribution in [2.24, 2.45) is 11.8 Å². The summed E-state index contributed by atoms with van der Waals surface area (Å²) in [6.07, 6.45) is 5.18. The van der Waals surface area contributed by atoms with Gasteiger partial charge in [-0.25, -0.2) is 0 Å². The van der Waals surface area contributed by atoms with Crippen molar-refractivity contribution in [1.82, 2.24) is 10.2 Å². The molecule has 1 saturated heterocycles. The van der Waals surface area contributed by atoms with Crippen molar-refractivity contribution < 1.29 is 33.8 Å². The second kappa shape index (κ2) is 14.0. The molecule has 28 heavy (non-hydrogen) atoms. The highest BCUT2D eigenvalue weighted by Gasteiger charge is 2.34. The molecule has 1 fully saturated rings. The molecule has 162 valence electrons. The smallest absolute Gasteiger partial charge is 0.327 e. The first-order valence-corrected chi connectivity index (χ1v) is 11.0. The molecular formula is C18H33N2O7P. The number of likely N-dealkylation sites (tertiary alicyclic amines) is 1. The minimum absolute atomic E-state index is 0.0183. The van der Waals surface area contributed by atoms with Gasteiger partial charge in [-0.1, -0.05) is 19.8 Å². The summed E-state index contributed by atoms with van der Waals surface area (Å²) in [6, 6.07) is 0. The summed E-state index contributed by atoms with van der Waals surface area (Å²) in [5, 5.41) is 12.0. The number of aliphatic hydroxyl groups is 1. The third-order valence-corrected chi connectivity index (χ3v) is 5.18. The highest BCUT2D eigenvalue weighted by molar-refractivity contribution is 7.39. The van der Waals surface area contributed by atoms with Crippen LogP contribution in [0.5, 0.6) is 0 Å². The predicted octanol–water partition coefficient (Wildman–Crippen LogP) is 1.06. The predicted molar refractivity (Wildman–Crippen MR) is 104 cm³/mol. The number of aliphatic hydroxyl groups excluding tert-OH is 1. The van der Waals surface area contributed by atoms with Gasteiger partial charge < -0.3 is 24.7 Å². The van der Waals surface area contributed by atoms with E-state index >= 15 is 0 Å². The lowest BCUT2D eigenvalue weighted by Crippen LogP contribution is -2.31. The van der Waals surface area contributed by atoms with Gasteiger partial charge in [0, 0.05) is 44.4 Å². The van der Waals surface area contributed by atoms with Gasteiger partial charge in [-0.05, 0) is 25.7 Å². The summed E-state index contributed by atoms with van der Waals surface area (Å²) in [5.74, 6) is -0.557. The first-order chi connectivity index (χ1) is 13.3. The summed E-state index contributed by atoms with van der Waals surface area (Å²) >= 11 is 0. The van der Waals surface area contributed by atoms with Crippen molar-refractivity contribution in [3.63, 3.8) is 0 Å². The zero-order valence-corrected chi connectivity index (χ0v) is 17.4. The average Bonchev–Trinajstić information content (AvgIpc) is 2.89. The second-order valence-electron chi connectivity index (χ2n) is 7.24. The number of hydrogen-bond acceptors (Lipinski definition) is 7. The molecular weight excluding hydrogens is 387 g/mol. The van der Waals surface area contributed by atoms with E-state index in [1.807, 2.05) is 0 Å². The van der Waals surface area contributed by atoms with Crippen LogP contribution in [0.4, 0.5) is 0 Å². The van der Waals surface area contributed by atoms with Gasteiger partial charge in [-0.2, -0.15) is 0 Å². The van der Waals surface area contributed by atoms with Crippen molar-refractivity contribution in [3.8, 4) is 0 Å². The molecule has 0 aromatic heterocycles. The van der Waals surface area contributed by atoms with Crippen LogP contribution in [0.25, 0.3) is 0 Å². The number of carbonyl (C=O) groups excluding carboxylic acids is 3. The van der Waals surface area contributed by atoms with E-state index in [2.05, 4.69) is 5.32 Å². The third kappa shape index (κ3) is 9.89. The number of rotatable bonds is 15. The molecule has 1 heterocycles. The molecule has 1 aliphatic rings. The minimum atomic E-state index is -2.39. The second-order valence-corrected chi connectivity index (χ2v) is 8.01. The Balaban J connectivity index is 1.99. The van der Waals surface area contributed by atoms with Crippen molar-refractivity contribution in [1.29, 1.82) is 0 Å². The number of amides is 3. The fraction of sp³-hybridized carbons (Fsp3) is 0.833. The van der Waals surface area contributed by atoms with Crippen LogP contribution in [0.2, 0.25) is 0 Å². The molecule has 0 aliphatic carbocycles. The van der Waals surface area contributed by atoms with E-state index in [1.54, 1.807) is 6.92 Å². The molecule has 9 nitrogen and oxygen atoms in total. The molecule has 0 spiro atoms. The van der Waals surface area contributed by atoms with Crippen LogP contribution in [0.15, 0.2) is 0 Å². The van der Waals surface area contributed by atoms with E-state index in [0.29, 0.717) is 45.2 Å². The summed E-state index contributed by atoms with van der Waals surface area (Å²) in [5.41, 5.74) is 0. The van der Waals surface area contributed by atoms with E-state index in [4.69, 9.17) is 14.3 Å². The summed E-state index contributed by atoms with van der Waals surface area (Å²) in [7, 11) is -2.39. The van der Waals surface area contributed by atoms with Crippen LogP contribution in [0, 0.1) is 11.8 Å². The fourth-order valence-electron chi connectivity index (χ4n) is 3.09. The molecule has 0 aromatic rings. The zero-order valence-electron chi connectivity index (χ0n) is 16.5. The summed E-state index contributed by atoms with van der Waals surface area (Å²) in [4.78, 5) is 54.0. The molecule has 4 N–H and O–H groups in total.